The van der Waals surface area contributed by atoms with Crippen LogP contribution in [0.3, 0.4) is 0 Å². The molecule has 0 spiro atoms. The SMILES string of the molecule is CC(=O)N(CCNC(=O)c1ccc(C(C)(C)C)cc1)CCC1=CCCCC1. The summed E-state index contributed by atoms with van der Waals surface area (Å²) in [5.74, 6) is -0.0239. The first-order chi connectivity index (χ1) is 12.8. The summed E-state index contributed by atoms with van der Waals surface area (Å²) in [6, 6.07) is 7.76. The van der Waals surface area contributed by atoms with Gasteiger partial charge in [0, 0.05) is 32.1 Å². The van der Waals surface area contributed by atoms with Crippen molar-refractivity contribution in [3.05, 3.63) is 47.0 Å². The second kappa shape index (κ2) is 9.72. The molecule has 0 unspecified atom stereocenters. The first kappa shape index (κ1) is 21.2. The van der Waals surface area contributed by atoms with E-state index in [9.17, 15) is 9.59 Å². The van der Waals surface area contributed by atoms with E-state index < -0.39 is 0 Å². The van der Waals surface area contributed by atoms with E-state index in [1.165, 1.54) is 30.4 Å². The van der Waals surface area contributed by atoms with Crippen LogP contribution in [-0.2, 0) is 10.2 Å². The Hall–Kier alpha value is -2.10. The Morgan fingerprint density at radius 2 is 1.78 bits per heavy atom. The highest BCUT2D eigenvalue weighted by atomic mass is 16.2. The Morgan fingerprint density at radius 1 is 1.07 bits per heavy atom. The Morgan fingerprint density at radius 3 is 2.33 bits per heavy atom. The Labute approximate surface area is 164 Å². The molecule has 0 fully saturated rings. The highest BCUT2D eigenvalue weighted by Gasteiger charge is 2.15. The first-order valence-corrected chi connectivity index (χ1v) is 10.1. The van der Waals surface area contributed by atoms with Crippen molar-refractivity contribution < 1.29 is 9.59 Å². The zero-order valence-corrected chi connectivity index (χ0v) is 17.3. The lowest BCUT2D eigenvalue weighted by Crippen LogP contribution is -2.38. The van der Waals surface area contributed by atoms with Crippen molar-refractivity contribution in [2.45, 2.75) is 65.2 Å². The largest absolute Gasteiger partial charge is 0.350 e. The number of amides is 2. The summed E-state index contributed by atoms with van der Waals surface area (Å²) in [5.41, 5.74) is 3.41. The minimum atomic E-state index is -0.0889. The summed E-state index contributed by atoms with van der Waals surface area (Å²) in [5, 5.41) is 2.93. The van der Waals surface area contributed by atoms with E-state index in [0.717, 1.165) is 19.4 Å². The number of rotatable bonds is 7. The molecule has 1 aromatic carbocycles. The summed E-state index contributed by atoms with van der Waals surface area (Å²) in [4.78, 5) is 26.1. The Bertz CT molecular complexity index is 669. The van der Waals surface area contributed by atoms with E-state index in [4.69, 9.17) is 0 Å². The van der Waals surface area contributed by atoms with Crippen molar-refractivity contribution in [1.82, 2.24) is 10.2 Å². The van der Waals surface area contributed by atoms with Gasteiger partial charge in [0.05, 0.1) is 0 Å². The third-order valence-electron chi connectivity index (χ3n) is 5.21. The molecule has 1 aromatic rings. The average Bonchev–Trinajstić information content (AvgIpc) is 2.64. The molecule has 0 radical (unpaired) electrons. The molecule has 4 heteroatoms. The molecule has 0 bridgehead atoms. The molecule has 2 amide bonds. The number of carbonyl (C=O) groups is 2. The van der Waals surface area contributed by atoms with E-state index in [0.29, 0.717) is 18.7 Å². The van der Waals surface area contributed by atoms with Gasteiger partial charge in [-0.25, -0.2) is 0 Å². The lowest BCUT2D eigenvalue weighted by molar-refractivity contribution is -0.128. The predicted octanol–water partition coefficient (Wildman–Crippen LogP) is 4.45. The highest BCUT2D eigenvalue weighted by Crippen LogP contribution is 2.22. The summed E-state index contributed by atoms with van der Waals surface area (Å²) in [7, 11) is 0. The minimum Gasteiger partial charge on any atom is -0.350 e. The van der Waals surface area contributed by atoms with Crippen LogP contribution in [0.4, 0.5) is 0 Å². The zero-order chi connectivity index (χ0) is 19.9. The standard InChI is InChI=1S/C23H34N2O2/c1-18(26)25(16-14-19-8-6-5-7-9-19)17-15-24-22(27)20-10-12-21(13-11-20)23(2,3)4/h8,10-13H,5-7,9,14-17H2,1-4H3,(H,24,27). The number of nitrogens with one attached hydrogen (secondary N) is 1. The van der Waals surface area contributed by atoms with Crippen LogP contribution in [0.2, 0.25) is 0 Å². The average molecular weight is 371 g/mol. The van der Waals surface area contributed by atoms with Gasteiger partial charge in [0.2, 0.25) is 5.91 Å². The van der Waals surface area contributed by atoms with Crippen molar-refractivity contribution in [2.75, 3.05) is 19.6 Å². The minimum absolute atomic E-state index is 0.0650. The molecule has 148 valence electrons. The molecule has 0 aromatic heterocycles. The lowest BCUT2D eigenvalue weighted by atomic mass is 9.87. The number of benzene rings is 1. The van der Waals surface area contributed by atoms with Crippen LogP contribution in [0.5, 0.6) is 0 Å². The van der Waals surface area contributed by atoms with Gasteiger partial charge in [-0.15, -0.1) is 0 Å². The molecule has 0 atom stereocenters. The summed E-state index contributed by atoms with van der Waals surface area (Å²) in [6.45, 7) is 9.82. The van der Waals surface area contributed by atoms with Crippen LogP contribution in [0.1, 0.15) is 75.7 Å². The topological polar surface area (TPSA) is 49.4 Å². The maximum atomic E-state index is 12.3. The van der Waals surface area contributed by atoms with E-state index in [-0.39, 0.29) is 17.2 Å². The van der Waals surface area contributed by atoms with Crippen LogP contribution in [-0.4, -0.2) is 36.3 Å². The Balaban J connectivity index is 1.80. The highest BCUT2D eigenvalue weighted by molar-refractivity contribution is 5.94. The zero-order valence-electron chi connectivity index (χ0n) is 17.3. The monoisotopic (exact) mass is 370 g/mol. The van der Waals surface area contributed by atoms with Gasteiger partial charge in [-0.3, -0.25) is 9.59 Å². The number of hydrogen-bond acceptors (Lipinski definition) is 2. The molecule has 1 aliphatic carbocycles. The smallest absolute Gasteiger partial charge is 0.251 e. The van der Waals surface area contributed by atoms with Crippen molar-refractivity contribution in [3.63, 3.8) is 0 Å². The Kier molecular flexibility index (Phi) is 7.64. The summed E-state index contributed by atoms with van der Waals surface area (Å²) in [6.07, 6.45) is 8.14. The molecular formula is C23H34N2O2. The van der Waals surface area contributed by atoms with Crippen molar-refractivity contribution in [1.29, 1.82) is 0 Å². The number of carbonyl (C=O) groups excluding carboxylic acids is 2. The third-order valence-corrected chi connectivity index (χ3v) is 5.21. The van der Waals surface area contributed by atoms with E-state index >= 15 is 0 Å². The van der Waals surface area contributed by atoms with Crippen LogP contribution < -0.4 is 5.32 Å². The second-order valence-electron chi connectivity index (χ2n) is 8.45. The second-order valence-corrected chi connectivity index (χ2v) is 8.45. The van der Waals surface area contributed by atoms with Gasteiger partial charge in [-0.05, 0) is 55.2 Å². The summed E-state index contributed by atoms with van der Waals surface area (Å²) >= 11 is 0. The van der Waals surface area contributed by atoms with Crippen LogP contribution in [0.25, 0.3) is 0 Å². The van der Waals surface area contributed by atoms with Gasteiger partial charge in [-0.2, -0.15) is 0 Å². The third kappa shape index (κ3) is 6.85. The lowest BCUT2D eigenvalue weighted by Gasteiger charge is -2.23. The van der Waals surface area contributed by atoms with Gasteiger partial charge in [0.25, 0.3) is 5.91 Å². The molecule has 0 heterocycles. The van der Waals surface area contributed by atoms with Crippen LogP contribution in [0.15, 0.2) is 35.9 Å². The van der Waals surface area contributed by atoms with Gasteiger partial charge in [-0.1, -0.05) is 44.6 Å². The molecule has 0 aliphatic heterocycles. The molecule has 0 saturated carbocycles. The van der Waals surface area contributed by atoms with Crippen LogP contribution in [0, 0.1) is 0 Å². The van der Waals surface area contributed by atoms with E-state index in [2.05, 4.69) is 32.2 Å². The number of allylic oxidation sites excluding steroid dienone is 1. The fraction of sp³-hybridized carbons (Fsp3) is 0.565. The molecule has 2 rings (SSSR count). The van der Waals surface area contributed by atoms with Gasteiger partial charge < -0.3 is 10.2 Å². The quantitative estimate of drug-likeness (QED) is 0.721. The number of nitrogens with zero attached hydrogens (tertiary/aromatic N) is 1. The molecule has 4 nitrogen and oxygen atoms in total. The van der Waals surface area contributed by atoms with Gasteiger partial charge in [0.15, 0.2) is 0 Å². The first-order valence-electron chi connectivity index (χ1n) is 10.1. The van der Waals surface area contributed by atoms with Gasteiger partial charge in [0.1, 0.15) is 0 Å². The predicted molar refractivity (Wildman–Crippen MR) is 111 cm³/mol. The van der Waals surface area contributed by atoms with Crippen molar-refractivity contribution in [3.8, 4) is 0 Å². The fourth-order valence-electron chi connectivity index (χ4n) is 3.37. The maximum Gasteiger partial charge on any atom is 0.251 e. The molecule has 27 heavy (non-hydrogen) atoms. The fourth-order valence-corrected chi connectivity index (χ4v) is 3.37. The van der Waals surface area contributed by atoms with Crippen molar-refractivity contribution >= 4 is 11.8 Å². The van der Waals surface area contributed by atoms with Crippen molar-refractivity contribution in [2.24, 2.45) is 0 Å². The van der Waals surface area contributed by atoms with E-state index in [1.807, 2.05) is 29.2 Å². The molecular weight excluding hydrogens is 336 g/mol. The maximum absolute atomic E-state index is 12.3. The van der Waals surface area contributed by atoms with E-state index in [1.54, 1.807) is 6.92 Å². The summed E-state index contributed by atoms with van der Waals surface area (Å²) < 4.78 is 0. The number of hydrogen-bond donors (Lipinski definition) is 1. The molecule has 1 aliphatic rings. The molecule has 0 saturated heterocycles. The molecule has 1 N–H and O–H groups in total. The van der Waals surface area contributed by atoms with Gasteiger partial charge >= 0.3 is 0 Å². The normalized spacial score (nSPS) is 14.4. The van der Waals surface area contributed by atoms with Crippen LogP contribution >= 0.6 is 0 Å².